The summed E-state index contributed by atoms with van der Waals surface area (Å²) >= 11 is 5.31. The number of methoxy groups -OCH3 is 1. The number of hydrogen-bond acceptors (Lipinski definition) is 6. The van der Waals surface area contributed by atoms with Gasteiger partial charge < -0.3 is 14.5 Å². The van der Waals surface area contributed by atoms with E-state index in [0.717, 1.165) is 6.42 Å². The number of nitrogens with zero attached hydrogens (tertiary/aromatic N) is 2. The zero-order valence-corrected chi connectivity index (χ0v) is 14.9. The highest BCUT2D eigenvalue weighted by molar-refractivity contribution is 6.29. The largest absolute Gasteiger partial charge is 0.467 e. The molecule has 134 valence electrons. The van der Waals surface area contributed by atoms with Gasteiger partial charge in [0.25, 0.3) is 5.56 Å². The van der Waals surface area contributed by atoms with Crippen LogP contribution in [0.3, 0.4) is 0 Å². The first kappa shape index (κ1) is 20.0. The number of aromatic amines is 1. The molecule has 1 aliphatic heterocycles. The van der Waals surface area contributed by atoms with Crippen LogP contribution in [0.15, 0.2) is 17.2 Å². The van der Waals surface area contributed by atoms with Gasteiger partial charge in [-0.2, -0.15) is 0 Å². The van der Waals surface area contributed by atoms with Gasteiger partial charge in [0.2, 0.25) is 0 Å². The maximum atomic E-state index is 11.8. The number of carbonyl (C=O) groups excluding carboxylic acids is 2. The molecule has 0 spiro atoms. The van der Waals surface area contributed by atoms with Gasteiger partial charge in [-0.3, -0.25) is 9.69 Å². The molecule has 1 amide bonds. The molecule has 9 heteroatoms. The van der Waals surface area contributed by atoms with Gasteiger partial charge in [0.15, 0.2) is 0 Å². The molecule has 0 bridgehead atoms. The van der Waals surface area contributed by atoms with Crippen LogP contribution in [0.2, 0.25) is 5.15 Å². The monoisotopic (exact) mass is 359 g/mol. The zero-order valence-electron chi connectivity index (χ0n) is 14.2. The highest BCUT2D eigenvalue weighted by Crippen LogP contribution is 2.21. The van der Waals surface area contributed by atoms with E-state index in [4.69, 9.17) is 16.3 Å². The summed E-state index contributed by atoms with van der Waals surface area (Å²) in [4.78, 5) is 40.8. The van der Waals surface area contributed by atoms with E-state index in [0.29, 0.717) is 13.0 Å². The number of H-pyrrole nitrogens is 1. The number of halogens is 1. The summed E-state index contributed by atoms with van der Waals surface area (Å²) in [6, 6.07) is 0.724. The van der Waals surface area contributed by atoms with Gasteiger partial charge in [0, 0.05) is 12.6 Å². The number of esters is 1. The van der Waals surface area contributed by atoms with Crippen molar-refractivity contribution < 1.29 is 19.1 Å². The molecule has 8 nitrogen and oxygen atoms in total. The fraction of sp³-hybridized carbons (Fsp3) is 0.600. The molecule has 1 fully saturated rings. The topological polar surface area (TPSA) is 102 Å². The van der Waals surface area contributed by atoms with E-state index in [-0.39, 0.29) is 16.7 Å². The van der Waals surface area contributed by atoms with E-state index in [1.165, 1.54) is 24.4 Å². The van der Waals surface area contributed by atoms with E-state index in [1.54, 1.807) is 20.8 Å². The maximum Gasteiger partial charge on any atom is 0.411 e. The average Bonchev–Trinajstić information content (AvgIpc) is 2.94. The van der Waals surface area contributed by atoms with Crippen molar-refractivity contribution in [2.24, 2.45) is 0 Å². The van der Waals surface area contributed by atoms with E-state index in [2.05, 4.69) is 14.7 Å². The van der Waals surface area contributed by atoms with Gasteiger partial charge in [-0.05, 0) is 33.6 Å². The Morgan fingerprint density at radius 2 is 2.08 bits per heavy atom. The molecular weight excluding hydrogens is 338 g/mol. The third kappa shape index (κ3) is 6.57. The summed E-state index contributed by atoms with van der Waals surface area (Å²) in [5.74, 6) is -0.372. The van der Waals surface area contributed by atoms with E-state index < -0.39 is 17.7 Å². The Hall–Kier alpha value is -2.09. The number of aromatic nitrogens is 2. The van der Waals surface area contributed by atoms with E-state index in [9.17, 15) is 14.4 Å². The second kappa shape index (κ2) is 8.68. The lowest BCUT2D eigenvalue weighted by Crippen LogP contribution is -2.43. The molecule has 0 radical (unpaired) electrons. The molecule has 1 unspecified atom stereocenters. The zero-order chi connectivity index (χ0) is 18.3. The molecule has 1 N–H and O–H groups in total. The molecule has 1 aromatic rings. The molecule has 24 heavy (non-hydrogen) atoms. The first-order chi connectivity index (χ1) is 11.1. The minimum atomic E-state index is -0.541. The van der Waals surface area contributed by atoms with Gasteiger partial charge >= 0.3 is 12.1 Å². The normalized spacial score (nSPS) is 16.9. The highest BCUT2D eigenvalue weighted by Gasteiger charge is 2.37. The third-order valence-electron chi connectivity index (χ3n) is 3.00. The summed E-state index contributed by atoms with van der Waals surface area (Å²) in [6.45, 7) is 5.95. The van der Waals surface area contributed by atoms with Gasteiger partial charge in [0.1, 0.15) is 16.8 Å². The molecule has 1 atom stereocenters. The van der Waals surface area contributed by atoms with Crippen LogP contribution in [0, 0.1) is 0 Å². The third-order valence-corrected chi connectivity index (χ3v) is 3.21. The summed E-state index contributed by atoms with van der Waals surface area (Å²) in [5.41, 5.74) is -0.773. The summed E-state index contributed by atoms with van der Waals surface area (Å²) in [5, 5.41) is 0.216. The van der Waals surface area contributed by atoms with Crippen molar-refractivity contribution in [2.45, 2.75) is 45.3 Å². The van der Waals surface area contributed by atoms with Gasteiger partial charge in [-0.15, -0.1) is 0 Å². The Balaban J connectivity index is 0.000000300. The summed E-state index contributed by atoms with van der Waals surface area (Å²) in [6.07, 6.45) is 2.26. The molecular formula is C15H22ClN3O5. The standard InChI is InChI=1S/C11H19NO4.C4H3ClN2O/c1-11(2,3)16-10(14)12-7-5-6-8(12)9(13)15-4;5-3-1-4(8)7-2-6-3/h8H,5-7H2,1-4H3;1-2H,(H,6,7,8). The van der Waals surface area contributed by atoms with Crippen molar-refractivity contribution in [3.05, 3.63) is 27.9 Å². The molecule has 2 heterocycles. The van der Waals surface area contributed by atoms with Crippen molar-refractivity contribution in [3.63, 3.8) is 0 Å². The Morgan fingerprint density at radius 3 is 2.54 bits per heavy atom. The fourth-order valence-corrected chi connectivity index (χ4v) is 2.18. The first-order valence-corrected chi connectivity index (χ1v) is 7.79. The van der Waals surface area contributed by atoms with Gasteiger partial charge in [0.05, 0.1) is 13.4 Å². The number of nitrogens with one attached hydrogen (secondary N) is 1. The fourth-order valence-electron chi connectivity index (χ4n) is 2.03. The van der Waals surface area contributed by atoms with Crippen molar-refractivity contribution in [2.75, 3.05) is 13.7 Å². The predicted octanol–water partition coefficient (Wildman–Crippen LogP) is 1.98. The van der Waals surface area contributed by atoms with Crippen molar-refractivity contribution >= 4 is 23.7 Å². The highest BCUT2D eigenvalue weighted by atomic mass is 35.5. The molecule has 0 aromatic carbocycles. The van der Waals surface area contributed by atoms with Gasteiger partial charge in [-0.25, -0.2) is 14.6 Å². The minimum absolute atomic E-state index is 0.216. The molecule has 0 aliphatic carbocycles. The summed E-state index contributed by atoms with van der Waals surface area (Å²) in [7, 11) is 1.33. The second-order valence-electron chi connectivity index (χ2n) is 6.09. The molecule has 0 saturated carbocycles. The minimum Gasteiger partial charge on any atom is -0.467 e. The van der Waals surface area contributed by atoms with Crippen LogP contribution in [0.4, 0.5) is 4.79 Å². The van der Waals surface area contributed by atoms with Crippen LogP contribution < -0.4 is 5.56 Å². The number of likely N-dealkylation sites (tertiary alicyclic amines) is 1. The smallest absolute Gasteiger partial charge is 0.411 e. The maximum absolute atomic E-state index is 11.8. The number of rotatable bonds is 1. The SMILES string of the molecule is COC(=O)C1CCCN1C(=O)OC(C)(C)C.O=c1cc(Cl)nc[nH]1. The quantitative estimate of drug-likeness (QED) is 0.607. The van der Waals surface area contributed by atoms with Crippen LogP contribution in [0.5, 0.6) is 0 Å². The Bertz CT molecular complexity index is 626. The van der Waals surface area contributed by atoms with Crippen LogP contribution in [-0.4, -0.2) is 52.2 Å². The molecule has 1 aromatic heterocycles. The number of amides is 1. The van der Waals surface area contributed by atoms with Crippen molar-refractivity contribution in [1.82, 2.24) is 14.9 Å². The number of hydrogen-bond donors (Lipinski definition) is 1. The van der Waals surface area contributed by atoms with E-state index in [1.807, 2.05) is 0 Å². The molecule has 2 rings (SSSR count). The Kier molecular flexibility index (Phi) is 7.21. The van der Waals surface area contributed by atoms with Crippen molar-refractivity contribution in [3.8, 4) is 0 Å². The van der Waals surface area contributed by atoms with Crippen LogP contribution in [-0.2, 0) is 14.3 Å². The van der Waals surface area contributed by atoms with Crippen molar-refractivity contribution in [1.29, 1.82) is 0 Å². The number of carbonyl (C=O) groups is 2. The summed E-state index contributed by atoms with van der Waals surface area (Å²) < 4.78 is 9.88. The molecule has 1 saturated heterocycles. The predicted molar refractivity (Wildman–Crippen MR) is 87.8 cm³/mol. The first-order valence-electron chi connectivity index (χ1n) is 7.41. The Labute approximate surface area is 145 Å². The van der Waals surface area contributed by atoms with Crippen LogP contribution >= 0.6 is 11.6 Å². The van der Waals surface area contributed by atoms with Crippen LogP contribution in [0.25, 0.3) is 0 Å². The lowest BCUT2D eigenvalue weighted by atomic mass is 10.2. The van der Waals surface area contributed by atoms with Gasteiger partial charge in [-0.1, -0.05) is 11.6 Å². The number of ether oxygens (including phenoxy) is 2. The van der Waals surface area contributed by atoms with E-state index >= 15 is 0 Å². The second-order valence-corrected chi connectivity index (χ2v) is 6.48. The lowest BCUT2D eigenvalue weighted by Gasteiger charge is -2.27. The molecule has 1 aliphatic rings. The van der Waals surface area contributed by atoms with Crippen LogP contribution in [0.1, 0.15) is 33.6 Å². The average molecular weight is 360 g/mol. The lowest BCUT2D eigenvalue weighted by molar-refractivity contribution is -0.145. The Morgan fingerprint density at radius 1 is 1.42 bits per heavy atom.